The van der Waals surface area contributed by atoms with Crippen molar-refractivity contribution in [2.24, 2.45) is 0 Å². The SMILES string of the molecule is CCNC(Cc1ccnc(N)c1)c1ccc(Br)cc1C. The van der Waals surface area contributed by atoms with Gasteiger partial charge in [-0.3, -0.25) is 0 Å². The van der Waals surface area contributed by atoms with Crippen LogP contribution in [0.15, 0.2) is 41.0 Å². The molecular weight excluding hydrogens is 314 g/mol. The molecule has 0 radical (unpaired) electrons. The van der Waals surface area contributed by atoms with Crippen molar-refractivity contribution in [2.75, 3.05) is 12.3 Å². The van der Waals surface area contributed by atoms with Gasteiger partial charge in [0.15, 0.2) is 0 Å². The third-order valence-electron chi connectivity index (χ3n) is 3.34. The van der Waals surface area contributed by atoms with E-state index in [4.69, 9.17) is 5.73 Å². The van der Waals surface area contributed by atoms with E-state index in [2.05, 4.69) is 58.3 Å². The maximum absolute atomic E-state index is 5.76. The summed E-state index contributed by atoms with van der Waals surface area (Å²) in [5.74, 6) is 0.574. The fourth-order valence-corrected chi connectivity index (χ4v) is 2.90. The molecule has 2 aromatic rings. The molecule has 0 aliphatic heterocycles. The van der Waals surface area contributed by atoms with Crippen LogP contribution in [0.25, 0.3) is 0 Å². The number of rotatable bonds is 5. The van der Waals surface area contributed by atoms with Gasteiger partial charge in [0.2, 0.25) is 0 Å². The van der Waals surface area contributed by atoms with Crippen LogP contribution < -0.4 is 11.1 Å². The number of anilines is 1. The van der Waals surface area contributed by atoms with Gasteiger partial charge in [-0.2, -0.15) is 0 Å². The first kappa shape index (κ1) is 15.0. The first-order valence-electron chi connectivity index (χ1n) is 6.80. The molecule has 106 valence electrons. The van der Waals surface area contributed by atoms with Crippen LogP contribution >= 0.6 is 15.9 Å². The van der Waals surface area contributed by atoms with Gasteiger partial charge in [0.05, 0.1) is 0 Å². The fourth-order valence-electron chi connectivity index (χ4n) is 2.43. The lowest BCUT2D eigenvalue weighted by Crippen LogP contribution is -2.23. The molecule has 0 saturated heterocycles. The van der Waals surface area contributed by atoms with Crippen molar-refractivity contribution in [3.05, 3.63) is 57.7 Å². The highest BCUT2D eigenvalue weighted by Gasteiger charge is 2.14. The van der Waals surface area contributed by atoms with Gasteiger partial charge < -0.3 is 11.1 Å². The average molecular weight is 334 g/mol. The predicted molar refractivity (Wildman–Crippen MR) is 87.7 cm³/mol. The molecule has 0 saturated carbocycles. The molecule has 3 nitrogen and oxygen atoms in total. The van der Waals surface area contributed by atoms with Gasteiger partial charge in [0.1, 0.15) is 5.82 Å². The Balaban J connectivity index is 2.26. The molecular formula is C16H20BrN3. The van der Waals surface area contributed by atoms with Gasteiger partial charge in [0, 0.05) is 16.7 Å². The molecule has 1 aromatic carbocycles. The van der Waals surface area contributed by atoms with Crippen molar-refractivity contribution in [1.82, 2.24) is 10.3 Å². The highest BCUT2D eigenvalue weighted by Crippen LogP contribution is 2.25. The van der Waals surface area contributed by atoms with E-state index in [0.29, 0.717) is 5.82 Å². The molecule has 20 heavy (non-hydrogen) atoms. The van der Waals surface area contributed by atoms with Crippen LogP contribution in [0.4, 0.5) is 5.82 Å². The largest absolute Gasteiger partial charge is 0.384 e. The van der Waals surface area contributed by atoms with E-state index in [1.165, 1.54) is 16.7 Å². The molecule has 1 unspecified atom stereocenters. The second-order valence-corrected chi connectivity index (χ2v) is 5.82. The number of nitrogens with one attached hydrogen (secondary N) is 1. The predicted octanol–water partition coefficient (Wildman–Crippen LogP) is 3.63. The zero-order valence-electron chi connectivity index (χ0n) is 11.9. The summed E-state index contributed by atoms with van der Waals surface area (Å²) in [5, 5.41) is 3.55. The number of hydrogen-bond acceptors (Lipinski definition) is 3. The second-order valence-electron chi connectivity index (χ2n) is 4.90. The second kappa shape index (κ2) is 6.86. The average Bonchev–Trinajstić information content (AvgIpc) is 2.38. The monoisotopic (exact) mass is 333 g/mol. The van der Waals surface area contributed by atoms with Gasteiger partial charge in [-0.25, -0.2) is 4.98 Å². The molecule has 1 atom stereocenters. The Morgan fingerprint density at radius 2 is 2.10 bits per heavy atom. The summed E-state index contributed by atoms with van der Waals surface area (Å²) in [6.45, 7) is 5.20. The van der Waals surface area contributed by atoms with E-state index < -0.39 is 0 Å². The summed E-state index contributed by atoms with van der Waals surface area (Å²) in [7, 11) is 0. The zero-order chi connectivity index (χ0) is 14.5. The summed E-state index contributed by atoms with van der Waals surface area (Å²) in [6.07, 6.45) is 2.67. The van der Waals surface area contributed by atoms with Gasteiger partial charge >= 0.3 is 0 Å². The van der Waals surface area contributed by atoms with E-state index in [0.717, 1.165) is 17.4 Å². The zero-order valence-corrected chi connectivity index (χ0v) is 13.4. The minimum Gasteiger partial charge on any atom is -0.384 e. The van der Waals surface area contributed by atoms with Crippen molar-refractivity contribution in [1.29, 1.82) is 0 Å². The van der Waals surface area contributed by atoms with Crippen LogP contribution in [0, 0.1) is 6.92 Å². The first-order valence-corrected chi connectivity index (χ1v) is 7.59. The summed E-state index contributed by atoms with van der Waals surface area (Å²) >= 11 is 3.52. The van der Waals surface area contributed by atoms with Crippen LogP contribution in [0.2, 0.25) is 0 Å². The quantitative estimate of drug-likeness (QED) is 0.878. The van der Waals surface area contributed by atoms with Crippen molar-refractivity contribution in [3.8, 4) is 0 Å². The molecule has 0 spiro atoms. The molecule has 0 aliphatic rings. The lowest BCUT2D eigenvalue weighted by Gasteiger charge is -2.21. The fraction of sp³-hybridized carbons (Fsp3) is 0.312. The van der Waals surface area contributed by atoms with Crippen molar-refractivity contribution in [2.45, 2.75) is 26.3 Å². The molecule has 1 heterocycles. The minimum absolute atomic E-state index is 0.287. The molecule has 0 bridgehead atoms. The maximum Gasteiger partial charge on any atom is 0.123 e. The number of likely N-dealkylation sites (N-methyl/N-ethyl adjacent to an activating group) is 1. The number of nitrogens with zero attached hydrogens (tertiary/aromatic N) is 1. The van der Waals surface area contributed by atoms with Crippen LogP contribution in [0.1, 0.15) is 29.7 Å². The van der Waals surface area contributed by atoms with E-state index in [-0.39, 0.29) is 6.04 Å². The summed E-state index contributed by atoms with van der Waals surface area (Å²) in [4.78, 5) is 4.05. The lowest BCUT2D eigenvalue weighted by molar-refractivity contribution is 0.547. The molecule has 3 N–H and O–H groups in total. The molecule has 0 aliphatic carbocycles. The number of nitrogen functional groups attached to an aromatic ring is 1. The Bertz CT molecular complexity index is 584. The molecule has 4 heteroatoms. The van der Waals surface area contributed by atoms with E-state index in [1.54, 1.807) is 6.20 Å². The third-order valence-corrected chi connectivity index (χ3v) is 3.84. The van der Waals surface area contributed by atoms with Gasteiger partial charge in [-0.05, 0) is 60.8 Å². The van der Waals surface area contributed by atoms with E-state index >= 15 is 0 Å². The number of aromatic nitrogens is 1. The van der Waals surface area contributed by atoms with Gasteiger partial charge in [-0.15, -0.1) is 0 Å². The maximum atomic E-state index is 5.76. The lowest BCUT2D eigenvalue weighted by atomic mass is 9.95. The topological polar surface area (TPSA) is 50.9 Å². The van der Waals surface area contributed by atoms with Crippen molar-refractivity contribution < 1.29 is 0 Å². The molecule has 0 amide bonds. The number of nitrogens with two attached hydrogens (primary N) is 1. The summed E-state index contributed by atoms with van der Waals surface area (Å²) in [6, 6.07) is 10.7. The summed E-state index contributed by atoms with van der Waals surface area (Å²) < 4.78 is 1.11. The Morgan fingerprint density at radius 3 is 2.75 bits per heavy atom. The van der Waals surface area contributed by atoms with Crippen LogP contribution in [-0.2, 0) is 6.42 Å². The Hall–Kier alpha value is -1.39. The van der Waals surface area contributed by atoms with E-state index in [9.17, 15) is 0 Å². The number of aryl methyl sites for hydroxylation is 1. The minimum atomic E-state index is 0.287. The molecule has 0 fully saturated rings. The number of halogens is 1. The number of hydrogen-bond donors (Lipinski definition) is 2. The smallest absolute Gasteiger partial charge is 0.123 e. The Morgan fingerprint density at radius 1 is 1.30 bits per heavy atom. The number of pyridine rings is 1. The highest BCUT2D eigenvalue weighted by atomic mass is 79.9. The van der Waals surface area contributed by atoms with E-state index in [1.807, 2.05) is 12.1 Å². The standard InChI is InChI=1S/C16H20BrN3/c1-3-19-15(9-12-6-7-20-16(18)10-12)14-5-4-13(17)8-11(14)2/h4-8,10,15,19H,3,9H2,1-2H3,(H2,18,20). The highest BCUT2D eigenvalue weighted by molar-refractivity contribution is 9.10. The Labute approximate surface area is 128 Å². The van der Waals surface area contributed by atoms with Crippen LogP contribution in [-0.4, -0.2) is 11.5 Å². The normalized spacial score (nSPS) is 12.3. The van der Waals surface area contributed by atoms with Crippen LogP contribution in [0.3, 0.4) is 0 Å². The van der Waals surface area contributed by atoms with Gasteiger partial charge in [0.25, 0.3) is 0 Å². The molecule has 2 rings (SSSR count). The summed E-state index contributed by atoms with van der Waals surface area (Å²) in [5.41, 5.74) is 9.57. The van der Waals surface area contributed by atoms with Crippen LogP contribution in [0.5, 0.6) is 0 Å². The third kappa shape index (κ3) is 3.81. The Kier molecular flexibility index (Phi) is 5.15. The first-order chi connectivity index (χ1) is 9.60. The van der Waals surface area contributed by atoms with Crippen molar-refractivity contribution in [3.63, 3.8) is 0 Å². The van der Waals surface area contributed by atoms with Crippen molar-refractivity contribution >= 4 is 21.7 Å². The molecule has 1 aromatic heterocycles. The van der Waals surface area contributed by atoms with Gasteiger partial charge in [-0.1, -0.05) is 28.9 Å². The number of benzene rings is 1.